The fraction of sp³-hybridized carbons (Fsp3) is 0. The Morgan fingerprint density at radius 2 is 1.46 bits per heavy atom. The smallest absolute Gasteiger partial charge is 0.137 e. The summed E-state index contributed by atoms with van der Waals surface area (Å²) in [7, 11) is 0. The van der Waals surface area contributed by atoms with E-state index in [1.54, 1.807) is 0 Å². The Kier molecular flexibility index (Phi) is 3.57. The van der Waals surface area contributed by atoms with E-state index < -0.39 is 0 Å². The molecule has 0 amide bonds. The normalized spacial score (nSPS) is 11.3. The van der Waals surface area contributed by atoms with Crippen LogP contribution in [0.2, 0.25) is 0 Å². The molecule has 0 unspecified atom stereocenters. The Hall–Kier alpha value is -2.98. The number of rotatable bonds is 2. The van der Waals surface area contributed by atoms with E-state index in [1.165, 1.54) is 5.39 Å². The van der Waals surface area contributed by atoms with E-state index in [4.69, 9.17) is 4.98 Å². The Morgan fingerprint density at radius 1 is 0.692 bits per heavy atom. The molecule has 0 aliphatic rings. The Labute approximate surface area is 159 Å². The minimum atomic E-state index is 0.906. The van der Waals surface area contributed by atoms with Crippen LogP contribution in [-0.2, 0) is 0 Å². The molecule has 0 aliphatic heterocycles. The topological polar surface area (TPSA) is 30.7 Å². The standard InChI is InChI=1S/C22H14BrN3/c23-17-8-5-15(6-9-17)16-7-10-22(25-13-16)26-20-4-2-1-3-18(20)19-14-24-12-11-21(19)26/h1-14H. The quantitative estimate of drug-likeness (QED) is 0.364. The molecule has 0 radical (unpaired) electrons. The van der Waals surface area contributed by atoms with Crippen molar-refractivity contribution < 1.29 is 0 Å². The summed E-state index contributed by atoms with van der Waals surface area (Å²) in [5, 5.41) is 2.33. The number of fused-ring (bicyclic) bond motifs is 3. The summed E-state index contributed by atoms with van der Waals surface area (Å²) in [6.07, 6.45) is 5.68. The van der Waals surface area contributed by atoms with Crippen LogP contribution in [0.4, 0.5) is 0 Å². The average Bonchev–Trinajstić information content (AvgIpc) is 3.03. The van der Waals surface area contributed by atoms with Gasteiger partial charge in [-0.1, -0.05) is 46.3 Å². The van der Waals surface area contributed by atoms with Crippen molar-refractivity contribution in [3.63, 3.8) is 0 Å². The summed E-state index contributed by atoms with van der Waals surface area (Å²) in [4.78, 5) is 9.04. The largest absolute Gasteiger partial charge is 0.294 e. The molecule has 2 aromatic carbocycles. The van der Waals surface area contributed by atoms with Crippen molar-refractivity contribution in [1.82, 2.24) is 14.5 Å². The van der Waals surface area contributed by atoms with Crippen molar-refractivity contribution in [2.45, 2.75) is 0 Å². The van der Waals surface area contributed by atoms with Gasteiger partial charge in [0.2, 0.25) is 0 Å². The van der Waals surface area contributed by atoms with Crippen molar-refractivity contribution in [2.75, 3.05) is 0 Å². The van der Waals surface area contributed by atoms with E-state index >= 15 is 0 Å². The van der Waals surface area contributed by atoms with Crippen LogP contribution < -0.4 is 0 Å². The molecule has 5 aromatic rings. The third kappa shape index (κ3) is 2.42. The number of benzene rings is 2. The van der Waals surface area contributed by atoms with Crippen molar-refractivity contribution in [2.24, 2.45) is 0 Å². The highest BCUT2D eigenvalue weighted by Gasteiger charge is 2.12. The van der Waals surface area contributed by atoms with E-state index in [9.17, 15) is 0 Å². The summed E-state index contributed by atoms with van der Waals surface area (Å²) in [6.45, 7) is 0. The van der Waals surface area contributed by atoms with E-state index in [0.717, 1.165) is 37.8 Å². The first kappa shape index (κ1) is 15.3. The molecule has 26 heavy (non-hydrogen) atoms. The van der Waals surface area contributed by atoms with Gasteiger partial charge in [-0.3, -0.25) is 9.55 Å². The molecular weight excluding hydrogens is 386 g/mol. The van der Waals surface area contributed by atoms with Gasteiger partial charge in [-0.25, -0.2) is 4.98 Å². The van der Waals surface area contributed by atoms with Crippen molar-refractivity contribution in [1.29, 1.82) is 0 Å². The number of para-hydroxylation sites is 1. The molecule has 0 fully saturated rings. The molecule has 0 aliphatic carbocycles. The van der Waals surface area contributed by atoms with Gasteiger partial charge in [-0.15, -0.1) is 0 Å². The zero-order valence-electron chi connectivity index (χ0n) is 13.8. The Balaban J connectivity index is 1.69. The van der Waals surface area contributed by atoms with Crippen LogP contribution in [0.25, 0.3) is 38.8 Å². The highest BCUT2D eigenvalue weighted by atomic mass is 79.9. The fourth-order valence-corrected chi connectivity index (χ4v) is 3.66. The molecule has 124 valence electrons. The first-order valence-electron chi connectivity index (χ1n) is 8.37. The summed E-state index contributed by atoms with van der Waals surface area (Å²) in [5.74, 6) is 0.906. The van der Waals surface area contributed by atoms with Crippen LogP contribution in [-0.4, -0.2) is 14.5 Å². The van der Waals surface area contributed by atoms with E-state index in [-0.39, 0.29) is 0 Å². The van der Waals surface area contributed by atoms with Gasteiger partial charge in [-0.05, 0) is 42.0 Å². The Morgan fingerprint density at radius 3 is 2.27 bits per heavy atom. The second-order valence-electron chi connectivity index (χ2n) is 6.16. The fourth-order valence-electron chi connectivity index (χ4n) is 3.39. The SMILES string of the molecule is Brc1ccc(-c2ccc(-n3c4ccccc4c4cnccc43)nc2)cc1. The minimum Gasteiger partial charge on any atom is -0.294 e. The lowest BCUT2D eigenvalue weighted by atomic mass is 10.1. The molecule has 3 nitrogen and oxygen atoms in total. The molecule has 0 saturated heterocycles. The second-order valence-corrected chi connectivity index (χ2v) is 7.07. The second kappa shape index (κ2) is 6.07. The van der Waals surface area contributed by atoms with E-state index in [0.29, 0.717) is 0 Å². The van der Waals surface area contributed by atoms with Gasteiger partial charge in [0.15, 0.2) is 0 Å². The maximum atomic E-state index is 4.75. The monoisotopic (exact) mass is 399 g/mol. The molecular formula is C22H14BrN3. The predicted octanol–water partition coefficient (Wildman–Crippen LogP) is 6.00. The third-order valence-corrected chi connectivity index (χ3v) is 5.16. The minimum absolute atomic E-state index is 0.906. The first-order chi connectivity index (χ1) is 12.8. The molecule has 3 aromatic heterocycles. The molecule has 0 saturated carbocycles. The molecule has 0 bridgehead atoms. The van der Waals surface area contributed by atoms with Crippen LogP contribution in [0.5, 0.6) is 0 Å². The lowest BCUT2D eigenvalue weighted by molar-refractivity contribution is 1.08. The van der Waals surface area contributed by atoms with E-state index in [1.807, 2.05) is 36.8 Å². The van der Waals surface area contributed by atoms with Crippen LogP contribution >= 0.6 is 15.9 Å². The van der Waals surface area contributed by atoms with Gasteiger partial charge < -0.3 is 0 Å². The van der Waals surface area contributed by atoms with Crippen LogP contribution in [0, 0.1) is 0 Å². The average molecular weight is 400 g/mol. The number of halogens is 1. The maximum Gasteiger partial charge on any atom is 0.137 e. The van der Waals surface area contributed by atoms with Gasteiger partial charge in [0.05, 0.1) is 11.0 Å². The number of nitrogens with zero attached hydrogens (tertiary/aromatic N) is 3. The zero-order valence-corrected chi connectivity index (χ0v) is 15.4. The van der Waals surface area contributed by atoms with Crippen molar-refractivity contribution in [3.8, 4) is 16.9 Å². The van der Waals surface area contributed by atoms with Crippen molar-refractivity contribution >= 4 is 37.7 Å². The van der Waals surface area contributed by atoms with Gasteiger partial charge in [-0.2, -0.15) is 0 Å². The lowest BCUT2D eigenvalue weighted by Crippen LogP contribution is -1.97. The summed E-state index contributed by atoms with van der Waals surface area (Å²) < 4.78 is 3.27. The highest BCUT2D eigenvalue weighted by molar-refractivity contribution is 9.10. The third-order valence-electron chi connectivity index (χ3n) is 4.63. The molecule has 4 heteroatoms. The van der Waals surface area contributed by atoms with Gasteiger partial charge in [0, 0.05) is 39.4 Å². The van der Waals surface area contributed by atoms with Gasteiger partial charge in [0.1, 0.15) is 5.82 Å². The van der Waals surface area contributed by atoms with Gasteiger partial charge in [0.25, 0.3) is 0 Å². The molecule has 0 N–H and O–H groups in total. The Bertz CT molecular complexity index is 1170. The van der Waals surface area contributed by atoms with Crippen LogP contribution in [0.15, 0.2) is 89.8 Å². The molecule has 3 heterocycles. The number of pyridine rings is 2. The molecule has 5 rings (SSSR count). The summed E-state index contributed by atoms with van der Waals surface area (Å²) >= 11 is 3.48. The number of hydrogen-bond donors (Lipinski definition) is 0. The van der Waals surface area contributed by atoms with E-state index in [2.05, 4.69) is 74.0 Å². The number of aromatic nitrogens is 3. The van der Waals surface area contributed by atoms with Crippen LogP contribution in [0.1, 0.15) is 0 Å². The number of hydrogen-bond acceptors (Lipinski definition) is 2. The molecule has 0 spiro atoms. The highest BCUT2D eigenvalue weighted by Crippen LogP contribution is 2.31. The first-order valence-corrected chi connectivity index (χ1v) is 9.16. The summed E-state index contributed by atoms with van der Waals surface area (Å²) in [5.41, 5.74) is 4.51. The molecule has 0 atom stereocenters. The summed E-state index contributed by atoms with van der Waals surface area (Å²) in [6, 6.07) is 22.9. The van der Waals surface area contributed by atoms with Crippen LogP contribution in [0.3, 0.4) is 0 Å². The lowest BCUT2D eigenvalue weighted by Gasteiger charge is -2.08. The van der Waals surface area contributed by atoms with Gasteiger partial charge >= 0.3 is 0 Å². The van der Waals surface area contributed by atoms with Crippen molar-refractivity contribution in [3.05, 3.63) is 89.8 Å². The maximum absolute atomic E-state index is 4.75. The zero-order chi connectivity index (χ0) is 17.5. The predicted molar refractivity (Wildman–Crippen MR) is 110 cm³/mol.